The van der Waals surface area contributed by atoms with Crippen LogP contribution in [0.15, 0.2) is 60.8 Å². The van der Waals surface area contributed by atoms with Crippen molar-refractivity contribution in [3.63, 3.8) is 0 Å². The molecule has 6 heteroatoms. The molecule has 0 saturated carbocycles. The van der Waals surface area contributed by atoms with Gasteiger partial charge in [0, 0.05) is 19.3 Å². The molecule has 0 aliphatic rings. The fourth-order valence-corrected chi connectivity index (χ4v) is 7.68. The summed E-state index contributed by atoms with van der Waals surface area (Å²) >= 11 is 0. The van der Waals surface area contributed by atoms with E-state index in [-0.39, 0.29) is 31.1 Å². The Balaban J connectivity index is 4.42. The zero-order valence-corrected chi connectivity index (χ0v) is 42.3. The Hall–Kier alpha value is -2.89. The van der Waals surface area contributed by atoms with Crippen LogP contribution in [0.4, 0.5) is 0 Å². The molecule has 370 valence electrons. The molecule has 0 N–H and O–H groups in total. The molecule has 0 bridgehead atoms. The van der Waals surface area contributed by atoms with Gasteiger partial charge in [0.05, 0.1) is 0 Å². The highest BCUT2D eigenvalue weighted by Crippen LogP contribution is 2.15. The number of hydrogen-bond acceptors (Lipinski definition) is 6. The molecular weight excluding hydrogens is 793 g/mol. The van der Waals surface area contributed by atoms with Gasteiger partial charge in [-0.2, -0.15) is 0 Å². The van der Waals surface area contributed by atoms with Crippen LogP contribution in [0.25, 0.3) is 0 Å². The topological polar surface area (TPSA) is 78.9 Å². The predicted octanol–water partition coefficient (Wildman–Crippen LogP) is 18.0. The highest BCUT2D eigenvalue weighted by Gasteiger charge is 2.19. The summed E-state index contributed by atoms with van der Waals surface area (Å²) in [4.78, 5) is 38.0. The Morgan fingerprint density at radius 2 is 0.578 bits per heavy atom. The van der Waals surface area contributed by atoms with Crippen LogP contribution in [-0.4, -0.2) is 37.2 Å². The first-order valence-corrected chi connectivity index (χ1v) is 27.3. The lowest BCUT2D eigenvalue weighted by Crippen LogP contribution is -2.30. The summed E-state index contributed by atoms with van der Waals surface area (Å²) in [6.45, 7) is 6.58. The van der Waals surface area contributed by atoms with Crippen molar-refractivity contribution in [3.8, 4) is 0 Å². The van der Waals surface area contributed by atoms with Gasteiger partial charge in [0.1, 0.15) is 13.2 Å². The van der Waals surface area contributed by atoms with Gasteiger partial charge in [-0.25, -0.2) is 0 Å². The Morgan fingerprint density at radius 3 is 0.969 bits per heavy atom. The summed E-state index contributed by atoms with van der Waals surface area (Å²) in [5, 5.41) is 0. The van der Waals surface area contributed by atoms with E-state index in [1.165, 1.54) is 148 Å². The molecule has 1 atom stereocenters. The summed E-state index contributed by atoms with van der Waals surface area (Å²) in [6, 6.07) is 0. The summed E-state index contributed by atoms with van der Waals surface area (Å²) < 4.78 is 16.8. The van der Waals surface area contributed by atoms with Gasteiger partial charge in [-0.1, -0.05) is 242 Å². The lowest BCUT2D eigenvalue weighted by atomic mass is 10.0. The Morgan fingerprint density at radius 1 is 0.312 bits per heavy atom. The third-order valence-electron chi connectivity index (χ3n) is 11.8. The maximum absolute atomic E-state index is 12.8. The van der Waals surface area contributed by atoms with E-state index in [2.05, 4.69) is 81.5 Å². The molecule has 0 radical (unpaired) electrons. The Kier molecular flexibility index (Phi) is 50.4. The number of allylic oxidation sites excluding steroid dienone is 10. The molecule has 0 aromatic rings. The van der Waals surface area contributed by atoms with E-state index in [0.29, 0.717) is 19.3 Å². The van der Waals surface area contributed by atoms with Crippen LogP contribution in [0.1, 0.15) is 271 Å². The molecule has 0 spiro atoms. The van der Waals surface area contributed by atoms with E-state index in [4.69, 9.17) is 14.2 Å². The van der Waals surface area contributed by atoms with E-state index in [1.54, 1.807) is 0 Å². The van der Waals surface area contributed by atoms with E-state index >= 15 is 0 Å². The fourth-order valence-electron chi connectivity index (χ4n) is 7.68. The quantitative estimate of drug-likeness (QED) is 0.0199. The third kappa shape index (κ3) is 50.1. The molecule has 0 saturated heterocycles. The number of carbonyl (C=O) groups excluding carboxylic acids is 3. The smallest absolute Gasteiger partial charge is 0.306 e. The minimum absolute atomic E-state index is 0.0815. The molecule has 0 aromatic carbocycles. The first kappa shape index (κ1) is 61.1. The summed E-state index contributed by atoms with van der Waals surface area (Å²) in [5.41, 5.74) is 0. The lowest BCUT2D eigenvalue weighted by Gasteiger charge is -2.18. The number of ether oxygens (including phenoxy) is 3. The second kappa shape index (κ2) is 52.7. The second-order valence-electron chi connectivity index (χ2n) is 18.2. The molecule has 0 heterocycles. The number of rotatable bonds is 49. The van der Waals surface area contributed by atoms with Crippen molar-refractivity contribution in [1.29, 1.82) is 0 Å². The highest BCUT2D eigenvalue weighted by molar-refractivity contribution is 5.71. The van der Waals surface area contributed by atoms with Crippen molar-refractivity contribution in [2.75, 3.05) is 13.2 Å². The average Bonchev–Trinajstić information content (AvgIpc) is 3.29. The van der Waals surface area contributed by atoms with Gasteiger partial charge >= 0.3 is 17.9 Å². The first-order chi connectivity index (χ1) is 31.5. The van der Waals surface area contributed by atoms with E-state index < -0.39 is 6.10 Å². The Labute approximate surface area is 396 Å². The van der Waals surface area contributed by atoms with Crippen LogP contribution >= 0.6 is 0 Å². The van der Waals surface area contributed by atoms with Crippen molar-refractivity contribution in [1.82, 2.24) is 0 Å². The van der Waals surface area contributed by atoms with Gasteiger partial charge in [-0.15, -0.1) is 0 Å². The maximum atomic E-state index is 12.8. The number of esters is 3. The van der Waals surface area contributed by atoms with Crippen molar-refractivity contribution in [2.45, 2.75) is 277 Å². The second-order valence-corrected chi connectivity index (χ2v) is 18.2. The van der Waals surface area contributed by atoms with E-state index in [0.717, 1.165) is 83.5 Å². The van der Waals surface area contributed by atoms with Crippen molar-refractivity contribution in [2.24, 2.45) is 0 Å². The molecule has 0 fully saturated rings. The number of unbranched alkanes of at least 4 members (excludes halogenated alkanes) is 31. The molecule has 0 aliphatic heterocycles. The molecule has 0 rings (SSSR count). The molecule has 0 aliphatic carbocycles. The van der Waals surface area contributed by atoms with Crippen LogP contribution < -0.4 is 0 Å². The van der Waals surface area contributed by atoms with Crippen molar-refractivity contribution >= 4 is 17.9 Å². The fraction of sp³-hybridized carbons (Fsp3) is 0.776. The first-order valence-electron chi connectivity index (χ1n) is 27.3. The maximum Gasteiger partial charge on any atom is 0.306 e. The van der Waals surface area contributed by atoms with Gasteiger partial charge in [0.15, 0.2) is 6.10 Å². The lowest BCUT2D eigenvalue weighted by molar-refractivity contribution is -0.167. The standard InChI is InChI=1S/C58H102O6/c1-4-7-10-13-16-19-22-25-27-28-29-31-33-36-39-42-45-48-51-57(60)63-54-55(53-62-56(59)50-47-44-41-38-35-32-24-21-18-15-12-9-6-3)64-58(61)52-49-46-43-40-37-34-30-26-23-20-17-14-11-8-5-2/h16,19-20,22-23,25,27-29,31,55H,4-15,17-18,21,24,26,30,32-54H2,1-3H3/b19-16-,23-20-,25-22-,28-27-,31-29-. The number of hydrogen-bond donors (Lipinski definition) is 0. The van der Waals surface area contributed by atoms with Crippen LogP contribution in [0, 0.1) is 0 Å². The van der Waals surface area contributed by atoms with Crippen LogP contribution in [-0.2, 0) is 28.6 Å². The van der Waals surface area contributed by atoms with Gasteiger partial charge in [-0.05, 0) is 70.6 Å². The molecule has 1 unspecified atom stereocenters. The zero-order valence-electron chi connectivity index (χ0n) is 42.3. The largest absolute Gasteiger partial charge is 0.462 e. The number of carbonyl (C=O) groups is 3. The molecule has 0 amide bonds. The third-order valence-corrected chi connectivity index (χ3v) is 11.8. The molecule has 6 nitrogen and oxygen atoms in total. The van der Waals surface area contributed by atoms with E-state index in [9.17, 15) is 14.4 Å². The van der Waals surface area contributed by atoms with Crippen molar-refractivity contribution < 1.29 is 28.6 Å². The molecule has 64 heavy (non-hydrogen) atoms. The van der Waals surface area contributed by atoms with Crippen molar-refractivity contribution in [3.05, 3.63) is 60.8 Å². The average molecular weight is 895 g/mol. The normalized spacial score (nSPS) is 12.5. The minimum atomic E-state index is -0.784. The SMILES string of the molecule is CCCCC\C=C/C=C\C=C/C=C\CCCCCCCC(=O)OCC(COC(=O)CCCCCCCCCCCCCCC)OC(=O)CCCCCCCCC/C=C\CCCCCC. The summed E-state index contributed by atoms with van der Waals surface area (Å²) in [7, 11) is 0. The van der Waals surface area contributed by atoms with E-state index in [1.807, 2.05) is 0 Å². The van der Waals surface area contributed by atoms with Crippen LogP contribution in [0.2, 0.25) is 0 Å². The Bertz CT molecular complexity index is 1170. The summed E-state index contributed by atoms with van der Waals surface area (Å²) in [6.07, 6.45) is 64.8. The summed E-state index contributed by atoms with van der Waals surface area (Å²) in [5.74, 6) is -0.901. The van der Waals surface area contributed by atoms with Crippen LogP contribution in [0.3, 0.4) is 0 Å². The molecule has 0 aromatic heterocycles. The molecular formula is C58H102O6. The monoisotopic (exact) mass is 895 g/mol. The van der Waals surface area contributed by atoms with Gasteiger partial charge < -0.3 is 14.2 Å². The van der Waals surface area contributed by atoms with Gasteiger partial charge in [-0.3, -0.25) is 14.4 Å². The zero-order chi connectivity index (χ0) is 46.5. The highest BCUT2D eigenvalue weighted by atomic mass is 16.6. The van der Waals surface area contributed by atoms with Gasteiger partial charge in [0.25, 0.3) is 0 Å². The minimum Gasteiger partial charge on any atom is -0.462 e. The van der Waals surface area contributed by atoms with Crippen LogP contribution in [0.5, 0.6) is 0 Å². The predicted molar refractivity (Wildman–Crippen MR) is 275 cm³/mol. The van der Waals surface area contributed by atoms with Gasteiger partial charge in [0.2, 0.25) is 0 Å².